The minimum Gasteiger partial charge on any atom is -0.481 e. The number of rotatable bonds is 1. The van der Waals surface area contributed by atoms with Crippen molar-refractivity contribution in [2.75, 3.05) is 0 Å². The summed E-state index contributed by atoms with van der Waals surface area (Å²) in [6.07, 6.45) is 14.1. The average molecular weight is 288 g/mol. The molecule has 5 unspecified atom stereocenters. The van der Waals surface area contributed by atoms with Crippen LogP contribution in [-0.2, 0) is 4.79 Å². The van der Waals surface area contributed by atoms with E-state index < -0.39 is 5.97 Å². The quantitative estimate of drug-likeness (QED) is 0.704. The van der Waals surface area contributed by atoms with Gasteiger partial charge in [-0.2, -0.15) is 0 Å². The zero-order chi connectivity index (χ0) is 14.4. The van der Waals surface area contributed by atoms with Gasteiger partial charge in [-0.05, 0) is 94.3 Å². The molecule has 0 aromatic heterocycles. The SMILES string of the molecule is O=C(O)C1CCC2CCC3C4=C(CCCC4)CCC3C2C1. The number of hydrogen-bond acceptors (Lipinski definition) is 1. The molecule has 2 nitrogen and oxygen atoms in total. The number of carboxylic acids is 1. The average Bonchev–Trinajstić information content (AvgIpc) is 2.53. The Bertz CT molecular complexity index is 464. The van der Waals surface area contributed by atoms with Crippen molar-refractivity contribution < 1.29 is 9.90 Å². The summed E-state index contributed by atoms with van der Waals surface area (Å²) in [6.45, 7) is 0. The Morgan fingerprint density at radius 1 is 0.905 bits per heavy atom. The van der Waals surface area contributed by atoms with Gasteiger partial charge < -0.3 is 5.11 Å². The maximum Gasteiger partial charge on any atom is 0.306 e. The highest BCUT2D eigenvalue weighted by Crippen LogP contribution is 2.55. The first-order valence-electron chi connectivity index (χ1n) is 9.17. The number of fused-ring (bicyclic) bond motifs is 4. The Balaban J connectivity index is 1.57. The van der Waals surface area contributed by atoms with Gasteiger partial charge in [-0.25, -0.2) is 0 Å². The van der Waals surface area contributed by atoms with E-state index in [-0.39, 0.29) is 5.92 Å². The van der Waals surface area contributed by atoms with E-state index in [9.17, 15) is 9.90 Å². The zero-order valence-corrected chi connectivity index (χ0v) is 13.0. The smallest absolute Gasteiger partial charge is 0.306 e. The van der Waals surface area contributed by atoms with Gasteiger partial charge in [-0.3, -0.25) is 4.79 Å². The number of allylic oxidation sites excluding steroid dienone is 2. The van der Waals surface area contributed by atoms with E-state index >= 15 is 0 Å². The molecule has 0 saturated heterocycles. The van der Waals surface area contributed by atoms with Gasteiger partial charge in [0.1, 0.15) is 0 Å². The van der Waals surface area contributed by atoms with E-state index in [0.717, 1.165) is 36.5 Å². The summed E-state index contributed by atoms with van der Waals surface area (Å²) in [7, 11) is 0. The van der Waals surface area contributed by atoms with Crippen molar-refractivity contribution in [3.05, 3.63) is 11.1 Å². The second-order valence-corrected chi connectivity index (χ2v) is 7.99. The molecule has 1 N–H and O–H groups in total. The fourth-order valence-electron chi connectivity index (χ4n) is 6.19. The van der Waals surface area contributed by atoms with Crippen LogP contribution in [0.3, 0.4) is 0 Å². The third-order valence-corrected chi connectivity index (χ3v) is 7.17. The van der Waals surface area contributed by atoms with Crippen molar-refractivity contribution in [3.63, 3.8) is 0 Å². The van der Waals surface area contributed by atoms with Gasteiger partial charge in [0.05, 0.1) is 5.92 Å². The molecule has 5 atom stereocenters. The standard InChI is InChI=1S/C19H28O2/c20-19(21)14-6-5-13-8-9-16-15-4-2-1-3-12(15)7-10-17(16)18(13)11-14/h13-14,16-18H,1-11H2,(H,20,21). The second kappa shape index (κ2) is 5.44. The molecule has 4 aliphatic carbocycles. The van der Waals surface area contributed by atoms with E-state index in [1.54, 1.807) is 0 Å². The molecule has 0 radical (unpaired) electrons. The van der Waals surface area contributed by atoms with Gasteiger partial charge in [-0.1, -0.05) is 11.1 Å². The molecule has 4 rings (SSSR count). The molecule has 2 saturated carbocycles. The predicted octanol–water partition coefficient (Wildman–Crippen LogP) is 4.79. The number of aliphatic carboxylic acids is 1. The highest BCUT2D eigenvalue weighted by molar-refractivity contribution is 5.70. The highest BCUT2D eigenvalue weighted by Gasteiger charge is 2.46. The van der Waals surface area contributed by atoms with Crippen molar-refractivity contribution in [2.45, 2.75) is 70.6 Å². The molecule has 116 valence electrons. The van der Waals surface area contributed by atoms with E-state index in [1.165, 1.54) is 57.8 Å². The van der Waals surface area contributed by atoms with Crippen molar-refractivity contribution in [3.8, 4) is 0 Å². The lowest BCUT2D eigenvalue weighted by Crippen LogP contribution is -2.42. The summed E-state index contributed by atoms with van der Waals surface area (Å²) in [4.78, 5) is 11.4. The third-order valence-electron chi connectivity index (χ3n) is 7.17. The Morgan fingerprint density at radius 3 is 2.57 bits per heavy atom. The van der Waals surface area contributed by atoms with Crippen LogP contribution in [0, 0.1) is 29.6 Å². The maximum absolute atomic E-state index is 11.4. The van der Waals surface area contributed by atoms with Gasteiger partial charge in [0.15, 0.2) is 0 Å². The monoisotopic (exact) mass is 288 g/mol. The van der Waals surface area contributed by atoms with Crippen molar-refractivity contribution in [1.82, 2.24) is 0 Å². The van der Waals surface area contributed by atoms with E-state index in [1.807, 2.05) is 11.1 Å². The fourth-order valence-corrected chi connectivity index (χ4v) is 6.19. The molecule has 0 aromatic carbocycles. The molecule has 0 aliphatic heterocycles. The van der Waals surface area contributed by atoms with Crippen LogP contribution in [-0.4, -0.2) is 11.1 Å². The number of hydrogen-bond donors (Lipinski definition) is 1. The summed E-state index contributed by atoms with van der Waals surface area (Å²) in [5, 5.41) is 9.40. The Morgan fingerprint density at radius 2 is 1.71 bits per heavy atom. The Hall–Kier alpha value is -0.790. The van der Waals surface area contributed by atoms with Crippen LogP contribution in [0.4, 0.5) is 0 Å². The van der Waals surface area contributed by atoms with Gasteiger partial charge >= 0.3 is 5.97 Å². The summed E-state index contributed by atoms with van der Waals surface area (Å²) in [5.41, 5.74) is 3.65. The van der Waals surface area contributed by atoms with E-state index in [4.69, 9.17) is 0 Å². The number of carboxylic acid groups (broad SMARTS) is 1. The van der Waals surface area contributed by atoms with Gasteiger partial charge in [0.25, 0.3) is 0 Å². The topological polar surface area (TPSA) is 37.3 Å². The maximum atomic E-state index is 11.4. The molecule has 2 heteroatoms. The first-order valence-corrected chi connectivity index (χ1v) is 9.17. The molecule has 0 amide bonds. The molecular weight excluding hydrogens is 260 g/mol. The van der Waals surface area contributed by atoms with Crippen molar-refractivity contribution >= 4 is 5.97 Å². The fraction of sp³-hybridized carbons (Fsp3) is 0.842. The first-order chi connectivity index (χ1) is 10.2. The molecule has 0 heterocycles. The Labute approximate surface area is 128 Å². The summed E-state index contributed by atoms with van der Waals surface area (Å²) in [6, 6.07) is 0. The summed E-state index contributed by atoms with van der Waals surface area (Å²) in [5.74, 6) is 2.63. The van der Waals surface area contributed by atoms with Crippen LogP contribution in [0.1, 0.15) is 70.6 Å². The minimum absolute atomic E-state index is 0.0493. The second-order valence-electron chi connectivity index (χ2n) is 7.99. The molecule has 0 bridgehead atoms. The van der Waals surface area contributed by atoms with Crippen molar-refractivity contribution in [2.24, 2.45) is 29.6 Å². The highest BCUT2D eigenvalue weighted by atomic mass is 16.4. The van der Waals surface area contributed by atoms with Crippen LogP contribution in [0.25, 0.3) is 0 Å². The molecule has 0 spiro atoms. The van der Waals surface area contributed by atoms with Crippen LogP contribution >= 0.6 is 0 Å². The lowest BCUT2D eigenvalue weighted by atomic mass is 9.54. The van der Waals surface area contributed by atoms with Crippen LogP contribution < -0.4 is 0 Å². The lowest BCUT2D eigenvalue weighted by molar-refractivity contribution is -0.145. The molecular formula is C19H28O2. The Kier molecular flexibility index (Phi) is 3.59. The number of carbonyl (C=O) groups is 1. The molecule has 4 aliphatic rings. The summed E-state index contributed by atoms with van der Waals surface area (Å²) < 4.78 is 0. The largest absolute Gasteiger partial charge is 0.481 e. The molecule has 0 aromatic rings. The van der Waals surface area contributed by atoms with Crippen molar-refractivity contribution in [1.29, 1.82) is 0 Å². The van der Waals surface area contributed by atoms with Crippen LogP contribution in [0.5, 0.6) is 0 Å². The summed E-state index contributed by atoms with van der Waals surface area (Å²) >= 11 is 0. The van der Waals surface area contributed by atoms with Gasteiger partial charge in [-0.15, -0.1) is 0 Å². The van der Waals surface area contributed by atoms with Gasteiger partial charge in [0.2, 0.25) is 0 Å². The first kappa shape index (κ1) is 13.8. The van der Waals surface area contributed by atoms with Crippen LogP contribution in [0.15, 0.2) is 11.1 Å². The lowest BCUT2D eigenvalue weighted by Gasteiger charge is -2.51. The minimum atomic E-state index is -0.538. The van der Waals surface area contributed by atoms with Gasteiger partial charge in [0, 0.05) is 0 Å². The van der Waals surface area contributed by atoms with Crippen LogP contribution in [0.2, 0.25) is 0 Å². The predicted molar refractivity (Wildman–Crippen MR) is 82.9 cm³/mol. The molecule has 21 heavy (non-hydrogen) atoms. The normalized spacial score (nSPS) is 42.8. The zero-order valence-electron chi connectivity index (χ0n) is 13.0. The van der Waals surface area contributed by atoms with E-state index in [2.05, 4.69) is 0 Å². The van der Waals surface area contributed by atoms with E-state index in [0.29, 0.717) is 0 Å². The third kappa shape index (κ3) is 2.35. The molecule has 2 fully saturated rings.